The quantitative estimate of drug-likeness (QED) is 0.756. The molecule has 0 aromatic heterocycles. The highest BCUT2D eigenvalue weighted by molar-refractivity contribution is 5.99. The lowest BCUT2D eigenvalue weighted by atomic mass is 9.91. The first-order valence-corrected chi connectivity index (χ1v) is 5.63. The van der Waals surface area contributed by atoms with Crippen LogP contribution in [0.4, 0.5) is 0 Å². The first-order chi connectivity index (χ1) is 7.00. The van der Waals surface area contributed by atoms with Crippen LogP contribution in [-0.4, -0.2) is 34.8 Å². The summed E-state index contributed by atoms with van der Waals surface area (Å²) in [5, 5.41) is 2.83. The van der Waals surface area contributed by atoms with Gasteiger partial charge in [-0.1, -0.05) is 13.8 Å². The Morgan fingerprint density at radius 1 is 1.33 bits per heavy atom. The number of rotatable bonds is 3. The zero-order chi connectivity index (χ0) is 11.6. The van der Waals surface area contributed by atoms with Gasteiger partial charge in [0, 0.05) is 6.54 Å². The molecule has 0 aliphatic carbocycles. The molecule has 2 atom stereocenters. The number of amides is 2. The first-order valence-electron chi connectivity index (χ1n) is 5.63. The van der Waals surface area contributed by atoms with Crippen molar-refractivity contribution in [2.24, 2.45) is 0 Å². The SMILES string of the molecule is CCC1C(=O)NC(C)(CC)C(=O)N1CC. The maximum Gasteiger partial charge on any atom is 0.248 e. The van der Waals surface area contributed by atoms with Crippen LogP contribution in [0.25, 0.3) is 0 Å². The van der Waals surface area contributed by atoms with Gasteiger partial charge in [0.05, 0.1) is 0 Å². The molecule has 1 heterocycles. The number of carbonyl (C=O) groups excluding carboxylic acids is 2. The molecule has 15 heavy (non-hydrogen) atoms. The highest BCUT2D eigenvalue weighted by Crippen LogP contribution is 2.22. The number of nitrogens with one attached hydrogen (secondary N) is 1. The lowest BCUT2D eigenvalue weighted by Crippen LogP contribution is -2.68. The minimum absolute atomic E-state index is 0.0247. The molecule has 0 saturated carbocycles. The lowest BCUT2D eigenvalue weighted by Gasteiger charge is -2.43. The van der Waals surface area contributed by atoms with Crippen LogP contribution in [0.15, 0.2) is 0 Å². The maximum absolute atomic E-state index is 12.1. The zero-order valence-electron chi connectivity index (χ0n) is 9.96. The fourth-order valence-electron chi connectivity index (χ4n) is 2.02. The minimum atomic E-state index is -0.710. The van der Waals surface area contributed by atoms with Crippen molar-refractivity contribution in [2.75, 3.05) is 6.54 Å². The second kappa shape index (κ2) is 4.21. The average molecular weight is 212 g/mol. The third-order valence-corrected chi connectivity index (χ3v) is 3.25. The Bertz CT molecular complexity index is 278. The number of carbonyl (C=O) groups is 2. The van der Waals surface area contributed by atoms with E-state index in [9.17, 15) is 9.59 Å². The summed E-state index contributed by atoms with van der Waals surface area (Å²) in [5.74, 6) is 0.0160. The third kappa shape index (κ3) is 1.85. The van der Waals surface area contributed by atoms with Gasteiger partial charge in [-0.2, -0.15) is 0 Å². The van der Waals surface area contributed by atoms with E-state index in [-0.39, 0.29) is 17.9 Å². The molecule has 0 radical (unpaired) electrons. The highest BCUT2D eigenvalue weighted by atomic mass is 16.2. The Morgan fingerprint density at radius 2 is 1.93 bits per heavy atom. The van der Waals surface area contributed by atoms with Gasteiger partial charge < -0.3 is 10.2 Å². The molecule has 0 spiro atoms. The molecule has 1 rings (SSSR count). The first kappa shape index (κ1) is 12.0. The normalized spacial score (nSPS) is 31.7. The second-order valence-electron chi connectivity index (χ2n) is 4.19. The molecule has 1 aliphatic rings. The molecule has 4 nitrogen and oxygen atoms in total. The fraction of sp³-hybridized carbons (Fsp3) is 0.818. The summed E-state index contributed by atoms with van der Waals surface area (Å²) >= 11 is 0. The third-order valence-electron chi connectivity index (χ3n) is 3.25. The molecule has 0 aromatic carbocycles. The summed E-state index contributed by atoms with van der Waals surface area (Å²) in [6.07, 6.45) is 1.30. The van der Waals surface area contributed by atoms with Crippen molar-refractivity contribution >= 4 is 11.8 Å². The van der Waals surface area contributed by atoms with Gasteiger partial charge in [-0.15, -0.1) is 0 Å². The summed E-state index contributed by atoms with van der Waals surface area (Å²) in [6, 6.07) is -0.290. The van der Waals surface area contributed by atoms with E-state index >= 15 is 0 Å². The second-order valence-corrected chi connectivity index (χ2v) is 4.19. The van der Waals surface area contributed by atoms with E-state index in [1.807, 2.05) is 20.8 Å². The van der Waals surface area contributed by atoms with Gasteiger partial charge in [-0.05, 0) is 26.7 Å². The Morgan fingerprint density at radius 3 is 2.33 bits per heavy atom. The van der Waals surface area contributed by atoms with Gasteiger partial charge in [0.25, 0.3) is 0 Å². The minimum Gasteiger partial charge on any atom is -0.340 e. The highest BCUT2D eigenvalue weighted by Gasteiger charge is 2.45. The molecule has 2 amide bonds. The van der Waals surface area contributed by atoms with Crippen LogP contribution < -0.4 is 5.32 Å². The van der Waals surface area contributed by atoms with E-state index in [1.54, 1.807) is 11.8 Å². The van der Waals surface area contributed by atoms with Crippen molar-refractivity contribution in [3.63, 3.8) is 0 Å². The van der Waals surface area contributed by atoms with Crippen LogP contribution >= 0.6 is 0 Å². The van der Waals surface area contributed by atoms with E-state index in [1.165, 1.54) is 0 Å². The Labute approximate surface area is 91.0 Å². The van der Waals surface area contributed by atoms with Crippen LogP contribution in [0.3, 0.4) is 0 Å². The fourth-order valence-corrected chi connectivity index (χ4v) is 2.02. The number of piperazine rings is 1. The molecule has 2 unspecified atom stereocenters. The molecule has 1 N–H and O–H groups in total. The molecule has 1 aliphatic heterocycles. The van der Waals surface area contributed by atoms with Crippen LogP contribution in [0.1, 0.15) is 40.5 Å². The van der Waals surface area contributed by atoms with Gasteiger partial charge in [0.15, 0.2) is 0 Å². The average Bonchev–Trinajstić information content (AvgIpc) is 2.22. The lowest BCUT2D eigenvalue weighted by molar-refractivity contribution is -0.154. The number of nitrogens with zero attached hydrogens (tertiary/aromatic N) is 1. The summed E-state index contributed by atoms with van der Waals surface area (Å²) in [6.45, 7) is 8.14. The van der Waals surface area contributed by atoms with Crippen molar-refractivity contribution in [2.45, 2.75) is 52.1 Å². The molecular formula is C11H20N2O2. The summed E-state index contributed by atoms with van der Waals surface area (Å²) < 4.78 is 0. The topological polar surface area (TPSA) is 49.4 Å². The van der Waals surface area contributed by atoms with Gasteiger partial charge in [-0.3, -0.25) is 9.59 Å². The predicted molar refractivity (Wildman–Crippen MR) is 58.3 cm³/mol. The zero-order valence-corrected chi connectivity index (χ0v) is 9.96. The van der Waals surface area contributed by atoms with Gasteiger partial charge >= 0.3 is 0 Å². The molecule has 86 valence electrons. The molecule has 1 saturated heterocycles. The van der Waals surface area contributed by atoms with E-state index < -0.39 is 5.54 Å². The van der Waals surface area contributed by atoms with Crippen molar-refractivity contribution < 1.29 is 9.59 Å². The van der Waals surface area contributed by atoms with Gasteiger partial charge in [0.2, 0.25) is 11.8 Å². The Balaban J connectivity index is 3.00. The van der Waals surface area contributed by atoms with Crippen molar-refractivity contribution in [3.05, 3.63) is 0 Å². The molecule has 4 heteroatoms. The van der Waals surface area contributed by atoms with E-state index in [2.05, 4.69) is 5.32 Å². The Kier molecular flexibility index (Phi) is 3.37. The number of hydrogen-bond acceptors (Lipinski definition) is 2. The molecule has 0 aromatic rings. The van der Waals surface area contributed by atoms with Crippen LogP contribution in [0, 0.1) is 0 Å². The monoisotopic (exact) mass is 212 g/mol. The van der Waals surface area contributed by atoms with Crippen LogP contribution in [0.5, 0.6) is 0 Å². The smallest absolute Gasteiger partial charge is 0.248 e. The van der Waals surface area contributed by atoms with E-state index in [4.69, 9.17) is 0 Å². The van der Waals surface area contributed by atoms with Crippen LogP contribution in [-0.2, 0) is 9.59 Å². The summed E-state index contributed by atoms with van der Waals surface area (Å²) in [5.41, 5.74) is -0.710. The largest absolute Gasteiger partial charge is 0.340 e. The number of hydrogen-bond donors (Lipinski definition) is 1. The standard InChI is InChI=1S/C11H20N2O2/c1-5-8-9(14)12-11(4,6-2)10(15)13(8)7-3/h8H,5-7H2,1-4H3,(H,12,14). The molecule has 0 bridgehead atoms. The Hall–Kier alpha value is -1.06. The van der Waals surface area contributed by atoms with Crippen molar-refractivity contribution in [1.29, 1.82) is 0 Å². The number of likely N-dealkylation sites (N-methyl/N-ethyl adjacent to an activating group) is 1. The van der Waals surface area contributed by atoms with E-state index in [0.29, 0.717) is 19.4 Å². The van der Waals surface area contributed by atoms with Gasteiger partial charge in [0.1, 0.15) is 11.6 Å². The van der Waals surface area contributed by atoms with Crippen molar-refractivity contribution in [1.82, 2.24) is 10.2 Å². The summed E-state index contributed by atoms with van der Waals surface area (Å²) in [4.78, 5) is 25.6. The predicted octanol–water partition coefficient (Wildman–Crippen LogP) is 0.912. The molecular weight excluding hydrogens is 192 g/mol. The maximum atomic E-state index is 12.1. The summed E-state index contributed by atoms with van der Waals surface area (Å²) in [7, 11) is 0. The molecule has 1 fully saturated rings. The van der Waals surface area contributed by atoms with Crippen LogP contribution in [0.2, 0.25) is 0 Å². The van der Waals surface area contributed by atoms with Crippen molar-refractivity contribution in [3.8, 4) is 0 Å². The van der Waals surface area contributed by atoms with E-state index in [0.717, 1.165) is 0 Å². The van der Waals surface area contributed by atoms with Gasteiger partial charge in [-0.25, -0.2) is 0 Å².